The van der Waals surface area contributed by atoms with E-state index in [0.29, 0.717) is 24.5 Å². The molecule has 2 aromatic rings. The van der Waals surface area contributed by atoms with Crippen LogP contribution < -0.4 is 10.1 Å². The van der Waals surface area contributed by atoms with Crippen LogP contribution >= 0.6 is 11.3 Å². The molecule has 1 aromatic carbocycles. The zero-order valence-electron chi connectivity index (χ0n) is 15.3. The van der Waals surface area contributed by atoms with Gasteiger partial charge in [0.1, 0.15) is 12.4 Å². The van der Waals surface area contributed by atoms with Gasteiger partial charge >= 0.3 is 0 Å². The number of carbonyl (C=O) groups is 2. The first-order valence-electron chi connectivity index (χ1n) is 9.52. The zero-order chi connectivity index (χ0) is 18.8. The lowest BCUT2D eigenvalue weighted by molar-refractivity contribution is -0.133. The van der Waals surface area contributed by atoms with Crippen LogP contribution in [0.5, 0.6) is 5.75 Å². The Morgan fingerprint density at radius 1 is 1.33 bits per heavy atom. The van der Waals surface area contributed by atoms with Crippen molar-refractivity contribution < 1.29 is 14.3 Å². The molecular formula is C21H24N2O3S. The number of fused-ring (bicyclic) bond motifs is 1. The van der Waals surface area contributed by atoms with Gasteiger partial charge in [-0.05, 0) is 55.8 Å². The summed E-state index contributed by atoms with van der Waals surface area (Å²) in [6.45, 7) is 5.67. The summed E-state index contributed by atoms with van der Waals surface area (Å²) in [5, 5.41) is 6.24. The quantitative estimate of drug-likeness (QED) is 0.611. The van der Waals surface area contributed by atoms with Gasteiger partial charge in [0.2, 0.25) is 5.91 Å². The van der Waals surface area contributed by atoms with Gasteiger partial charge in [-0.2, -0.15) is 0 Å². The normalized spacial score (nSPS) is 19.6. The lowest BCUT2D eigenvalue weighted by atomic mass is 9.97. The smallest absolute Gasteiger partial charge is 0.260 e. The first-order chi connectivity index (χ1) is 13.2. The van der Waals surface area contributed by atoms with Crippen LogP contribution in [-0.2, 0) is 4.79 Å². The van der Waals surface area contributed by atoms with Gasteiger partial charge in [0, 0.05) is 28.2 Å². The molecule has 2 amide bonds. The summed E-state index contributed by atoms with van der Waals surface area (Å²) in [5.74, 6) is 0.325. The summed E-state index contributed by atoms with van der Waals surface area (Å²) in [4.78, 5) is 27.9. The average Bonchev–Trinajstić information content (AvgIpc) is 3.41. The maximum atomic E-state index is 13.3. The highest BCUT2D eigenvalue weighted by Gasteiger charge is 2.40. The van der Waals surface area contributed by atoms with Crippen molar-refractivity contribution in [2.24, 2.45) is 5.92 Å². The first kappa shape index (κ1) is 18.2. The second-order valence-corrected chi connectivity index (χ2v) is 8.14. The van der Waals surface area contributed by atoms with E-state index in [4.69, 9.17) is 4.74 Å². The second kappa shape index (κ2) is 7.82. The molecule has 1 aromatic heterocycles. The van der Waals surface area contributed by atoms with E-state index in [1.54, 1.807) is 23.5 Å². The van der Waals surface area contributed by atoms with Gasteiger partial charge in [-0.25, -0.2) is 0 Å². The Morgan fingerprint density at radius 2 is 2.19 bits per heavy atom. The molecule has 27 heavy (non-hydrogen) atoms. The molecule has 6 heteroatoms. The van der Waals surface area contributed by atoms with Crippen LogP contribution in [0.2, 0.25) is 0 Å². The predicted octanol–water partition coefficient (Wildman–Crippen LogP) is 3.60. The van der Waals surface area contributed by atoms with E-state index < -0.39 is 0 Å². The van der Waals surface area contributed by atoms with Crippen LogP contribution in [-0.4, -0.2) is 42.5 Å². The van der Waals surface area contributed by atoms with Gasteiger partial charge in [0.05, 0.1) is 5.92 Å². The molecular weight excluding hydrogens is 360 g/mol. The molecule has 1 aliphatic heterocycles. The van der Waals surface area contributed by atoms with E-state index >= 15 is 0 Å². The topological polar surface area (TPSA) is 58.6 Å². The van der Waals surface area contributed by atoms with E-state index in [0.717, 1.165) is 42.3 Å². The number of piperidine rings is 1. The minimum atomic E-state index is -0.202. The number of rotatable bonds is 6. The summed E-state index contributed by atoms with van der Waals surface area (Å²) in [7, 11) is 0. The number of nitrogens with zero attached hydrogens (tertiary/aromatic N) is 1. The molecule has 1 N–H and O–H groups in total. The van der Waals surface area contributed by atoms with Gasteiger partial charge in [-0.15, -0.1) is 11.3 Å². The lowest BCUT2D eigenvalue weighted by Gasteiger charge is -2.28. The second-order valence-electron chi connectivity index (χ2n) is 7.19. The fourth-order valence-corrected chi connectivity index (χ4v) is 4.45. The first-order valence-corrected chi connectivity index (χ1v) is 10.4. The van der Waals surface area contributed by atoms with E-state index in [-0.39, 0.29) is 23.8 Å². The van der Waals surface area contributed by atoms with E-state index in [9.17, 15) is 9.59 Å². The Hall–Kier alpha value is -2.18. The molecule has 2 aliphatic rings. The van der Waals surface area contributed by atoms with E-state index in [1.165, 1.54) is 4.90 Å². The van der Waals surface area contributed by atoms with Crippen molar-refractivity contribution in [2.75, 3.05) is 19.7 Å². The fourth-order valence-electron chi connectivity index (χ4n) is 3.61. The zero-order valence-corrected chi connectivity index (χ0v) is 16.1. The molecule has 4 rings (SSSR count). The summed E-state index contributed by atoms with van der Waals surface area (Å²) in [6, 6.07) is 5.68. The van der Waals surface area contributed by atoms with Gasteiger partial charge in [0.25, 0.3) is 5.91 Å². The Kier molecular flexibility index (Phi) is 5.27. The van der Waals surface area contributed by atoms with Crippen molar-refractivity contribution in [3.63, 3.8) is 0 Å². The largest absolute Gasteiger partial charge is 0.489 e. The van der Waals surface area contributed by atoms with Gasteiger partial charge in [-0.3, -0.25) is 14.5 Å². The predicted molar refractivity (Wildman–Crippen MR) is 107 cm³/mol. The minimum absolute atomic E-state index is 0.0328. The number of imide groups is 1. The van der Waals surface area contributed by atoms with Crippen molar-refractivity contribution in [1.82, 2.24) is 10.2 Å². The van der Waals surface area contributed by atoms with E-state index in [1.807, 2.05) is 17.5 Å². The number of hydrogen-bond acceptors (Lipinski definition) is 5. The molecule has 1 aliphatic carbocycles. The summed E-state index contributed by atoms with van der Waals surface area (Å²) < 4.78 is 6.76. The molecule has 1 atom stereocenters. The monoisotopic (exact) mass is 384 g/mol. The fraction of sp³-hybridized carbons (Fsp3) is 0.429. The molecule has 1 unspecified atom stereocenters. The molecule has 2 heterocycles. The van der Waals surface area contributed by atoms with Crippen LogP contribution in [0, 0.1) is 5.92 Å². The Balaban J connectivity index is 1.64. The molecule has 0 radical (unpaired) electrons. The van der Waals surface area contributed by atoms with Crippen LogP contribution in [0.25, 0.3) is 10.1 Å². The van der Waals surface area contributed by atoms with Gasteiger partial charge < -0.3 is 10.1 Å². The number of nitrogens with one attached hydrogen (secondary N) is 1. The molecule has 1 saturated heterocycles. The third-order valence-electron chi connectivity index (χ3n) is 5.15. The SMILES string of the molecule is C=CCOc1cc(C(=O)N(C(=O)C2CCCNC2)C2CC2)cc2sccc12. The lowest BCUT2D eigenvalue weighted by Crippen LogP contribution is -2.46. The Labute approximate surface area is 163 Å². The number of hydrogen-bond donors (Lipinski definition) is 1. The maximum Gasteiger partial charge on any atom is 0.260 e. The average molecular weight is 385 g/mol. The third-order valence-corrected chi connectivity index (χ3v) is 6.02. The summed E-state index contributed by atoms with van der Waals surface area (Å²) in [6.07, 6.45) is 5.31. The molecule has 2 fully saturated rings. The number of carbonyl (C=O) groups excluding carboxylic acids is 2. The number of benzene rings is 1. The highest BCUT2D eigenvalue weighted by molar-refractivity contribution is 7.17. The van der Waals surface area contributed by atoms with Crippen LogP contribution in [0.3, 0.4) is 0 Å². The number of amides is 2. The molecule has 5 nitrogen and oxygen atoms in total. The van der Waals surface area contributed by atoms with Crippen molar-refractivity contribution in [3.05, 3.63) is 41.8 Å². The van der Waals surface area contributed by atoms with Gasteiger partial charge in [-0.1, -0.05) is 12.7 Å². The van der Waals surface area contributed by atoms with Crippen LogP contribution in [0.15, 0.2) is 36.2 Å². The van der Waals surface area contributed by atoms with Crippen molar-refractivity contribution in [1.29, 1.82) is 0 Å². The molecule has 0 bridgehead atoms. The minimum Gasteiger partial charge on any atom is -0.489 e. The highest BCUT2D eigenvalue weighted by Crippen LogP contribution is 2.35. The summed E-state index contributed by atoms with van der Waals surface area (Å²) >= 11 is 1.57. The third kappa shape index (κ3) is 3.77. The van der Waals surface area contributed by atoms with Crippen molar-refractivity contribution >= 4 is 33.2 Å². The van der Waals surface area contributed by atoms with Crippen LogP contribution in [0.4, 0.5) is 0 Å². The maximum absolute atomic E-state index is 13.3. The van der Waals surface area contributed by atoms with Crippen LogP contribution in [0.1, 0.15) is 36.0 Å². The summed E-state index contributed by atoms with van der Waals surface area (Å²) in [5.41, 5.74) is 0.521. The van der Waals surface area contributed by atoms with Crippen molar-refractivity contribution in [2.45, 2.75) is 31.7 Å². The van der Waals surface area contributed by atoms with Crippen molar-refractivity contribution in [3.8, 4) is 5.75 Å². The number of ether oxygens (including phenoxy) is 1. The molecule has 1 saturated carbocycles. The Bertz CT molecular complexity index is 865. The van der Waals surface area contributed by atoms with E-state index in [2.05, 4.69) is 11.9 Å². The standard InChI is InChI=1S/C21H24N2O3S/c1-2-9-26-18-11-15(12-19-17(18)7-10-27-19)21(25)23(16-5-6-16)20(24)14-4-3-8-22-13-14/h2,7,10-12,14,16,22H,1,3-6,8-9,13H2. The highest BCUT2D eigenvalue weighted by atomic mass is 32.1. The molecule has 0 spiro atoms. The van der Waals surface area contributed by atoms with Gasteiger partial charge in [0.15, 0.2) is 0 Å². The molecule has 142 valence electrons. The number of thiophene rings is 1. The Morgan fingerprint density at radius 3 is 2.89 bits per heavy atom.